The van der Waals surface area contributed by atoms with Gasteiger partial charge in [0.1, 0.15) is 11.6 Å². The van der Waals surface area contributed by atoms with Crippen LogP contribution in [0, 0.1) is 11.3 Å². The molecule has 5 nitrogen and oxygen atoms in total. The Morgan fingerprint density at radius 1 is 1.04 bits per heavy atom. The minimum Gasteiger partial charge on any atom is -0.504 e. The fourth-order valence-electron chi connectivity index (χ4n) is 2.06. The van der Waals surface area contributed by atoms with Gasteiger partial charge in [-0.05, 0) is 29.3 Å². The SMILES string of the molecule is N#CC(=CC=CC=Cc1ccc(O)c(O)c1)C(=O)NCc1ccccc1. The van der Waals surface area contributed by atoms with Gasteiger partial charge in [-0.1, -0.05) is 60.7 Å². The summed E-state index contributed by atoms with van der Waals surface area (Å²) in [6, 6.07) is 15.8. The van der Waals surface area contributed by atoms with Crippen molar-refractivity contribution in [1.29, 1.82) is 5.26 Å². The normalized spacial score (nSPS) is 11.6. The van der Waals surface area contributed by atoms with Crippen LogP contribution in [0.1, 0.15) is 11.1 Å². The van der Waals surface area contributed by atoms with Crippen LogP contribution in [0.25, 0.3) is 6.08 Å². The summed E-state index contributed by atoms with van der Waals surface area (Å²) >= 11 is 0. The molecule has 5 heteroatoms. The number of allylic oxidation sites excluding steroid dienone is 4. The van der Waals surface area contributed by atoms with Gasteiger partial charge in [0.05, 0.1) is 0 Å². The molecule has 0 bridgehead atoms. The van der Waals surface area contributed by atoms with E-state index >= 15 is 0 Å². The second kappa shape index (κ2) is 9.50. The lowest BCUT2D eigenvalue weighted by atomic mass is 10.2. The lowest BCUT2D eigenvalue weighted by molar-refractivity contribution is -0.117. The summed E-state index contributed by atoms with van der Waals surface area (Å²) in [6.45, 7) is 0.354. The third-order valence-electron chi connectivity index (χ3n) is 3.43. The van der Waals surface area contributed by atoms with Crippen molar-refractivity contribution < 1.29 is 15.0 Å². The number of rotatable bonds is 6. The number of hydrogen-bond donors (Lipinski definition) is 3. The van der Waals surface area contributed by atoms with Gasteiger partial charge in [0.15, 0.2) is 11.5 Å². The van der Waals surface area contributed by atoms with E-state index in [-0.39, 0.29) is 17.1 Å². The van der Waals surface area contributed by atoms with E-state index in [4.69, 9.17) is 5.26 Å². The van der Waals surface area contributed by atoms with Gasteiger partial charge in [-0.15, -0.1) is 0 Å². The zero-order valence-electron chi connectivity index (χ0n) is 14.0. The molecule has 2 aromatic rings. The van der Waals surface area contributed by atoms with Crippen LogP contribution in [-0.4, -0.2) is 16.1 Å². The first-order valence-electron chi connectivity index (χ1n) is 7.89. The van der Waals surface area contributed by atoms with Crippen molar-refractivity contribution in [1.82, 2.24) is 5.32 Å². The lowest BCUT2D eigenvalue weighted by Gasteiger charge is -2.03. The van der Waals surface area contributed by atoms with Crippen molar-refractivity contribution in [3.63, 3.8) is 0 Å². The van der Waals surface area contributed by atoms with Gasteiger partial charge in [-0.2, -0.15) is 5.26 Å². The van der Waals surface area contributed by atoms with Crippen molar-refractivity contribution in [2.24, 2.45) is 0 Å². The van der Waals surface area contributed by atoms with E-state index in [9.17, 15) is 15.0 Å². The average molecular weight is 346 g/mol. The third kappa shape index (κ3) is 5.69. The van der Waals surface area contributed by atoms with E-state index < -0.39 is 5.91 Å². The van der Waals surface area contributed by atoms with E-state index in [1.54, 1.807) is 30.4 Å². The molecule has 0 spiro atoms. The zero-order valence-corrected chi connectivity index (χ0v) is 14.0. The minimum absolute atomic E-state index is 0.00728. The van der Waals surface area contributed by atoms with Crippen molar-refractivity contribution in [2.45, 2.75) is 6.54 Å². The van der Waals surface area contributed by atoms with Gasteiger partial charge in [0, 0.05) is 6.54 Å². The highest BCUT2D eigenvalue weighted by Crippen LogP contribution is 2.25. The van der Waals surface area contributed by atoms with Crippen LogP contribution >= 0.6 is 0 Å². The molecule has 0 saturated heterocycles. The molecule has 1 amide bonds. The Hall–Kier alpha value is -3.78. The van der Waals surface area contributed by atoms with Crippen LogP contribution in [-0.2, 0) is 11.3 Å². The Balaban J connectivity index is 1.92. The van der Waals surface area contributed by atoms with Crippen molar-refractivity contribution in [3.05, 3.63) is 89.5 Å². The second-order valence-corrected chi connectivity index (χ2v) is 5.35. The fourth-order valence-corrected chi connectivity index (χ4v) is 2.06. The Morgan fingerprint density at radius 2 is 1.81 bits per heavy atom. The summed E-state index contributed by atoms with van der Waals surface area (Å²) in [5.41, 5.74) is 1.66. The molecule has 3 N–H and O–H groups in total. The number of phenolic OH excluding ortho intramolecular Hbond substituents is 2. The van der Waals surface area contributed by atoms with E-state index in [1.807, 2.05) is 36.4 Å². The maximum absolute atomic E-state index is 12.0. The molecule has 0 aromatic heterocycles. The highest BCUT2D eigenvalue weighted by atomic mass is 16.3. The largest absolute Gasteiger partial charge is 0.504 e. The molecule has 0 aliphatic heterocycles. The number of amides is 1. The van der Waals surface area contributed by atoms with Crippen molar-refractivity contribution in [3.8, 4) is 17.6 Å². The maximum Gasteiger partial charge on any atom is 0.262 e. The van der Waals surface area contributed by atoms with E-state index in [0.29, 0.717) is 12.1 Å². The molecule has 0 atom stereocenters. The molecule has 2 rings (SSSR count). The lowest BCUT2D eigenvalue weighted by Crippen LogP contribution is -2.23. The number of phenols is 2. The van der Waals surface area contributed by atoms with Crippen LogP contribution in [0.15, 0.2) is 78.4 Å². The van der Waals surface area contributed by atoms with Crippen molar-refractivity contribution in [2.75, 3.05) is 0 Å². The number of nitrogens with zero attached hydrogens (tertiary/aromatic N) is 1. The number of benzene rings is 2. The summed E-state index contributed by atoms with van der Waals surface area (Å²) in [4.78, 5) is 12.0. The smallest absolute Gasteiger partial charge is 0.262 e. The standard InChI is InChI=1S/C21H18N2O3/c22-14-18(21(26)23-15-17-8-4-1-5-9-17)10-6-2-3-7-16-11-12-19(24)20(25)13-16/h1-13,24-25H,15H2,(H,23,26). The minimum atomic E-state index is -0.437. The number of nitriles is 1. The number of carbonyl (C=O) groups excluding carboxylic acids is 1. The molecular weight excluding hydrogens is 328 g/mol. The Labute approximate surface area is 151 Å². The topological polar surface area (TPSA) is 93.3 Å². The van der Waals surface area contributed by atoms with Gasteiger partial charge in [-0.3, -0.25) is 4.79 Å². The van der Waals surface area contributed by atoms with Gasteiger partial charge in [0.2, 0.25) is 0 Å². The first-order chi connectivity index (χ1) is 12.6. The molecule has 0 saturated carbocycles. The van der Waals surface area contributed by atoms with Crippen LogP contribution in [0.2, 0.25) is 0 Å². The van der Waals surface area contributed by atoms with Crippen LogP contribution in [0.3, 0.4) is 0 Å². The number of nitrogens with one attached hydrogen (secondary N) is 1. The molecule has 0 fully saturated rings. The summed E-state index contributed by atoms with van der Waals surface area (Å²) in [6.07, 6.45) is 8.08. The predicted molar refractivity (Wildman–Crippen MR) is 99.9 cm³/mol. The van der Waals surface area contributed by atoms with Crippen LogP contribution < -0.4 is 5.32 Å². The molecule has 0 radical (unpaired) electrons. The van der Waals surface area contributed by atoms with Crippen LogP contribution in [0.4, 0.5) is 0 Å². The van der Waals surface area contributed by atoms with Gasteiger partial charge < -0.3 is 15.5 Å². The molecule has 26 heavy (non-hydrogen) atoms. The number of aromatic hydroxyl groups is 2. The maximum atomic E-state index is 12.0. The highest BCUT2D eigenvalue weighted by Gasteiger charge is 2.06. The van der Waals surface area contributed by atoms with Crippen molar-refractivity contribution >= 4 is 12.0 Å². The summed E-state index contributed by atoms with van der Waals surface area (Å²) in [7, 11) is 0. The Bertz CT molecular complexity index is 891. The molecule has 0 unspecified atom stereocenters. The quantitative estimate of drug-likeness (QED) is 0.323. The molecule has 2 aromatic carbocycles. The zero-order chi connectivity index (χ0) is 18.8. The predicted octanol–water partition coefficient (Wildman–Crippen LogP) is 3.43. The van der Waals surface area contributed by atoms with Crippen LogP contribution in [0.5, 0.6) is 11.5 Å². The van der Waals surface area contributed by atoms with Gasteiger partial charge in [-0.25, -0.2) is 0 Å². The van der Waals surface area contributed by atoms with E-state index in [1.165, 1.54) is 18.2 Å². The number of hydrogen-bond acceptors (Lipinski definition) is 4. The Morgan fingerprint density at radius 3 is 2.50 bits per heavy atom. The third-order valence-corrected chi connectivity index (χ3v) is 3.43. The fraction of sp³-hybridized carbons (Fsp3) is 0.0476. The monoisotopic (exact) mass is 346 g/mol. The average Bonchev–Trinajstić information content (AvgIpc) is 2.66. The molecule has 0 aliphatic rings. The van der Waals surface area contributed by atoms with E-state index in [0.717, 1.165) is 5.56 Å². The van der Waals surface area contributed by atoms with E-state index in [2.05, 4.69) is 5.32 Å². The molecule has 0 aliphatic carbocycles. The summed E-state index contributed by atoms with van der Waals surface area (Å²) in [5, 5.41) is 30.5. The molecule has 0 heterocycles. The summed E-state index contributed by atoms with van der Waals surface area (Å²) in [5.74, 6) is -0.813. The van der Waals surface area contributed by atoms with Gasteiger partial charge in [0.25, 0.3) is 5.91 Å². The second-order valence-electron chi connectivity index (χ2n) is 5.35. The first-order valence-corrected chi connectivity index (χ1v) is 7.89. The highest BCUT2D eigenvalue weighted by molar-refractivity contribution is 5.97. The number of carbonyl (C=O) groups is 1. The van der Waals surface area contributed by atoms with Gasteiger partial charge >= 0.3 is 0 Å². The summed E-state index contributed by atoms with van der Waals surface area (Å²) < 4.78 is 0. The Kier molecular flexibility index (Phi) is 6.78. The molecular formula is C21H18N2O3. The first kappa shape index (κ1) is 18.6. The molecule has 130 valence electrons.